The lowest BCUT2D eigenvalue weighted by Gasteiger charge is -2.34. The van der Waals surface area contributed by atoms with Crippen LogP contribution in [0.2, 0.25) is 0 Å². The fourth-order valence-corrected chi connectivity index (χ4v) is 3.99. The van der Waals surface area contributed by atoms with Crippen LogP contribution in [0.3, 0.4) is 0 Å². The summed E-state index contributed by atoms with van der Waals surface area (Å²) < 4.78 is 0. The number of benzene rings is 1. The minimum absolute atomic E-state index is 0.0842. The first kappa shape index (κ1) is 20.1. The summed E-state index contributed by atoms with van der Waals surface area (Å²) in [7, 11) is 1.75. The summed E-state index contributed by atoms with van der Waals surface area (Å²) in [4.78, 5) is 34.8. The number of aryl methyl sites for hydroxylation is 1. The molecule has 0 saturated carbocycles. The number of carbonyl (C=O) groups excluding carboxylic acids is 2. The van der Waals surface area contributed by atoms with Crippen molar-refractivity contribution in [2.75, 3.05) is 44.7 Å². The predicted octanol–water partition coefficient (Wildman–Crippen LogP) is 2.33. The average molecular weight is 402 g/mol. The summed E-state index contributed by atoms with van der Waals surface area (Å²) in [6.07, 6.45) is 0.321. The zero-order chi connectivity index (χ0) is 19.9. The van der Waals surface area contributed by atoms with Gasteiger partial charge in [-0.1, -0.05) is 30.3 Å². The minimum Gasteiger partial charge on any atom is -0.345 e. The van der Waals surface area contributed by atoms with Crippen LogP contribution in [0.1, 0.15) is 17.7 Å². The Kier molecular flexibility index (Phi) is 6.86. The first-order valence-corrected chi connectivity index (χ1v) is 10.4. The standard InChI is InChI=1S/C20H27N5O2S/c1-16-15-28-20(22-16)25-12-10-24(11-13-25)18(26)8-9-21-19(27)23(2)14-17-6-4-3-5-7-17/h3-7,15H,8-14H2,1-2H3,(H,21,27). The van der Waals surface area contributed by atoms with E-state index in [-0.39, 0.29) is 11.9 Å². The van der Waals surface area contributed by atoms with Gasteiger partial charge in [-0.05, 0) is 12.5 Å². The second-order valence-electron chi connectivity index (χ2n) is 6.96. The molecule has 2 aromatic rings. The second-order valence-corrected chi connectivity index (χ2v) is 7.80. The Morgan fingerprint density at radius 2 is 1.89 bits per heavy atom. The summed E-state index contributed by atoms with van der Waals surface area (Å²) in [5.41, 5.74) is 2.11. The van der Waals surface area contributed by atoms with Gasteiger partial charge >= 0.3 is 6.03 Å². The monoisotopic (exact) mass is 401 g/mol. The molecule has 8 heteroatoms. The number of piperazine rings is 1. The third-order valence-corrected chi connectivity index (χ3v) is 5.75. The number of carbonyl (C=O) groups is 2. The predicted molar refractivity (Wildman–Crippen MR) is 112 cm³/mol. The van der Waals surface area contributed by atoms with Crippen LogP contribution in [-0.2, 0) is 11.3 Å². The molecule has 1 saturated heterocycles. The maximum atomic E-state index is 12.4. The minimum atomic E-state index is -0.166. The van der Waals surface area contributed by atoms with Gasteiger partial charge in [0.25, 0.3) is 0 Å². The van der Waals surface area contributed by atoms with E-state index < -0.39 is 0 Å². The van der Waals surface area contributed by atoms with Crippen LogP contribution >= 0.6 is 11.3 Å². The van der Waals surface area contributed by atoms with E-state index in [4.69, 9.17) is 0 Å². The highest BCUT2D eigenvalue weighted by Gasteiger charge is 2.22. The molecule has 0 atom stereocenters. The molecule has 28 heavy (non-hydrogen) atoms. The van der Waals surface area contributed by atoms with E-state index in [2.05, 4.69) is 15.2 Å². The number of hydrogen-bond acceptors (Lipinski definition) is 5. The molecule has 0 aliphatic carbocycles. The smallest absolute Gasteiger partial charge is 0.317 e. The van der Waals surface area contributed by atoms with E-state index in [1.165, 1.54) is 0 Å². The van der Waals surface area contributed by atoms with Crippen molar-refractivity contribution < 1.29 is 9.59 Å². The van der Waals surface area contributed by atoms with Crippen LogP contribution in [0.4, 0.5) is 9.93 Å². The summed E-state index contributed by atoms with van der Waals surface area (Å²) in [6, 6.07) is 9.66. The van der Waals surface area contributed by atoms with E-state index in [1.807, 2.05) is 47.5 Å². The second kappa shape index (κ2) is 9.54. The van der Waals surface area contributed by atoms with Gasteiger partial charge < -0.3 is 20.0 Å². The Bertz CT molecular complexity index is 787. The number of hydrogen-bond donors (Lipinski definition) is 1. The number of anilines is 1. The van der Waals surface area contributed by atoms with E-state index in [9.17, 15) is 9.59 Å². The Morgan fingerprint density at radius 1 is 1.18 bits per heavy atom. The number of nitrogens with one attached hydrogen (secondary N) is 1. The Morgan fingerprint density at radius 3 is 2.54 bits per heavy atom. The summed E-state index contributed by atoms with van der Waals surface area (Å²) in [6.45, 7) is 5.86. The highest BCUT2D eigenvalue weighted by molar-refractivity contribution is 7.13. The van der Waals surface area contributed by atoms with Crippen molar-refractivity contribution in [1.29, 1.82) is 0 Å². The first-order chi connectivity index (χ1) is 13.5. The zero-order valence-corrected chi connectivity index (χ0v) is 17.2. The van der Waals surface area contributed by atoms with Crippen LogP contribution in [-0.4, -0.2) is 66.5 Å². The maximum Gasteiger partial charge on any atom is 0.317 e. The molecule has 1 aliphatic rings. The first-order valence-electron chi connectivity index (χ1n) is 9.50. The van der Waals surface area contributed by atoms with Crippen molar-refractivity contribution in [2.45, 2.75) is 19.9 Å². The van der Waals surface area contributed by atoms with Crippen LogP contribution < -0.4 is 10.2 Å². The summed E-state index contributed by atoms with van der Waals surface area (Å²) in [5, 5.41) is 5.90. The van der Waals surface area contributed by atoms with Crippen LogP contribution in [0.15, 0.2) is 35.7 Å². The quantitative estimate of drug-likeness (QED) is 0.807. The Hall–Kier alpha value is -2.61. The molecule has 1 N–H and O–H groups in total. The van der Waals surface area contributed by atoms with Crippen molar-refractivity contribution in [2.24, 2.45) is 0 Å². The number of thiazole rings is 1. The van der Waals surface area contributed by atoms with Crippen molar-refractivity contribution in [3.05, 3.63) is 47.0 Å². The third kappa shape index (κ3) is 5.45. The van der Waals surface area contributed by atoms with Crippen LogP contribution in [0.25, 0.3) is 0 Å². The van der Waals surface area contributed by atoms with Crippen molar-refractivity contribution in [1.82, 2.24) is 20.1 Å². The van der Waals surface area contributed by atoms with Gasteiger partial charge in [0, 0.05) is 58.1 Å². The molecule has 3 amide bonds. The number of rotatable bonds is 6. The van der Waals surface area contributed by atoms with Crippen molar-refractivity contribution in [3.63, 3.8) is 0 Å². The molecule has 150 valence electrons. The number of nitrogens with zero attached hydrogens (tertiary/aromatic N) is 4. The highest BCUT2D eigenvalue weighted by atomic mass is 32.1. The molecule has 2 heterocycles. The largest absolute Gasteiger partial charge is 0.345 e. The fraction of sp³-hybridized carbons (Fsp3) is 0.450. The van der Waals surface area contributed by atoms with Gasteiger partial charge in [-0.2, -0.15) is 0 Å². The highest BCUT2D eigenvalue weighted by Crippen LogP contribution is 2.21. The lowest BCUT2D eigenvalue weighted by atomic mass is 10.2. The van der Waals surface area contributed by atoms with E-state index in [0.717, 1.165) is 29.5 Å². The summed E-state index contributed by atoms with van der Waals surface area (Å²) >= 11 is 1.65. The fourth-order valence-electron chi connectivity index (χ4n) is 3.13. The molecular formula is C20H27N5O2S. The lowest BCUT2D eigenvalue weighted by Crippen LogP contribution is -2.49. The molecule has 1 aliphatic heterocycles. The Labute approximate surface area is 170 Å². The van der Waals surface area contributed by atoms with E-state index >= 15 is 0 Å². The SMILES string of the molecule is Cc1csc(N2CCN(C(=O)CCNC(=O)N(C)Cc3ccccc3)CC2)n1. The number of amides is 3. The average Bonchev–Trinajstić information content (AvgIpc) is 3.15. The van der Waals surface area contributed by atoms with Crippen LogP contribution in [0, 0.1) is 6.92 Å². The summed E-state index contributed by atoms with van der Waals surface area (Å²) in [5.74, 6) is 0.0842. The normalized spacial score (nSPS) is 14.1. The van der Waals surface area contributed by atoms with Gasteiger partial charge in [0.1, 0.15) is 0 Å². The molecule has 3 rings (SSSR count). The molecule has 7 nitrogen and oxygen atoms in total. The molecule has 0 spiro atoms. The van der Waals surface area contributed by atoms with E-state index in [0.29, 0.717) is 32.6 Å². The molecule has 1 aromatic carbocycles. The van der Waals surface area contributed by atoms with Gasteiger partial charge in [-0.25, -0.2) is 9.78 Å². The molecule has 0 unspecified atom stereocenters. The molecule has 1 aromatic heterocycles. The van der Waals surface area contributed by atoms with Gasteiger partial charge in [0.05, 0.1) is 5.69 Å². The Balaban J connectivity index is 1.36. The van der Waals surface area contributed by atoms with Crippen molar-refractivity contribution >= 4 is 28.4 Å². The van der Waals surface area contributed by atoms with E-state index in [1.54, 1.807) is 23.3 Å². The topological polar surface area (TPSA) is 68.8 Å². The van der Waals surface area contributed by atoms with Gasteiger partial charge in [0.2, 0.25) is 5.91 Å². The van der Waals surface area contributed by atoms with Gasteiger partial charge in [0.15, 0.2) is 5.13 Å². The van der Waals surface area contributed by atoms with Gasteiger partial charge in [-0.3, -0.25) is 4.79 Å². The third-order valence-electron chi connectivity index (χ3n) is 4.73. The molecule has 0 radical (unpaired) electrons. The molecule has 1 fully saturated rings. The van der Waals surface area contributed by atoms with Crippen molar-refractivity contribution in [3.8, 4) is 0 Å². The molecule has 0 bridgehead atoms. The van der Waals surface area contributed by atoms with Gasteiger partial charge in [-0.15, -0.1) is 11.3 Å². The maximum absolute atomic E-state index is 12.4. The lowest BCUT2D eigenvalue weighted by molar-refractivity contribution is -0.131. The van der Waals surface area contributed by atoms with Crippen LogP contribution in [0.5, 0.6) is 0 Å². The zero-order valence-electron chi connectivity index (χ0n) is 16.4. The number of aromatic nitrogens is 1. The molecular weight excluding hydrogens is 374 g/mol. The number of urea groups is 1.